The molecule has 1 aromatic heterocycles. The molecule has 1 rings (SSSR count). The second-order valence-corrected chi connectivity index (χ2v) is 4.55. The van der Waals surface area contributed by atoms with Gasteiger partial charge in [-0.25, -0.2) is 0 Å². The van der Waals surface area contributed by atoms with Crippen LogP contribution in [0.2, 0.25) is 0 Å². The van der Waals surface area contributed by atoms with Crippen LogP contribution in [-0.2, 0) is 11.3 Å². The molecule has 0 aliphatic carbocycles. The number of halogens is 1. The summed E-state index contributed by atoms with van der Waals surface area (Å²) >= 11 is 3.32. The Bertz CT molecular complexity index is 428. The smallest absolute Gasteiger partial charge is 0.268 e. The van der Waals surface area contributed by atoms with Gasteiger partial charge in [0.1, 0.15) is 11.7 Å². The molecule has 2 amide bonds. The van der Waals surface area contributed by atoms with Crippen molar-refractivity contribution < 1.29 is 9.59 Å². The third-order valence-electron chi connectivity index (χ3n) is 2.42. The first kappa shape index (κ1) is 13.8. The summed E-state index contributed by atoms with van der Waals surface area (Å²) in [5, 5.41) is 5.13. The number of rotatable bonds is 4. The third kappa shape index (κ3) is 3.33. The van der Waals surface area contributed by atoms with E-state index in [-0.39, 0.29) is 11.8 Å². The molecule has 94 valence electrons. The Morgan fingerprint density at radius 1 is 1.53 bits per heavy atom. The van der Waals surface area contributed by atoms with E-state index in [0.717, 1.165) is 4.47 Å². The number of likely N-dealkylation sites (N-methyl/N-ethyl adjacent to an activating group) is 1. The molecule has 0 saturated heterocycles. The highest BCUT2D eigenvalue weighted by Gasteiger charge is 2.18. The number of nitrogens with zero attached hydrogens (tertiary/aromatic N) is 1. The Labute approximate surface area is 109 Å². The van der Waals surface area contributed by atoms with E-state index < -0.39 is 6.04 Å². The largest absolute Gasteiger partial charge is 0.357 e. The Hall–Kier alpha value is -1.30. The lowest BCUT2D eigenvalue weighted by molar-refractivity contribution is -0.122. The average Bonchev–Trinajstić information content (AvgIpc) is 2.69. The predicted molar refractivity (Wildman–Crippen MR) is 68.8 cm³/mol. The first-order valence-electron chi connectivity index (χ1n) is 5.37. The number of carbonyl (C=O) groups is 2. The van der Waals surface area contributed by atoms with Crippen LogP contribution in [-0.4, -0.2) is 29.5 Å². The molecule has 17 heavy (non-hydrogen) atoms. The molecule has 5 nitrogen and oxygen atoms in total. The fourth-order valence-electron chi connectivity index (χ4n) is 1.48. The molecule has 1 atom stereocenters. The molecule has 1 heterocycles. The van der Waals surface area contributed by atoms with E-state index in [4.69, 9.17) is 0 Å². The molecule has 0 bridgehead atoms. The van der Waals surface area contributed by atoms with Gasteiger partial charge in [-0.1, -0.05) is 0 Å². The monoisotopic (exact) mass is 301 g/mol. The van der Waals surface area contributed by atoms with E-state index in [2.05, 4.69) is 26.6 Å². The number of carbonyl (C=O) groups excluding carboxylic acids is 2. The normalized spacial score (nSPS) is 12.0. The van der Waals surface area contributed by atoms with Crippen LogP contribution in [0.4, 0.5) is 0 Å². The zero-order valence-corrected chi connectivity index (χ0v) is 11.7. The molecule has 0 radical (unpaired) electrons. The number of hydrogen-bond acceptors (Lipinski definition) is 2. The summed E-state index contributed by atoms with van der Waals surface area (Å²) < 4.78 is 2.66. The van der Waals surface area contributed by atoms with Gasteiger partial charge in [-0.15, -0.1) is 0 Å². The van der Waals surface area contributed by atoms with E-state index in [1.165, 1.54) is 7.05 Å². The lowest BCUT2D eigenvalue weighted by Gasteiger charge is -2.13. The number of hydrogen-bond donors (Lipinski definition) is 2. The predicted octanol–water partition coefficient (Wildman–Crippen LogP) is 1.13. The summed E-state index contributed by atoms with van der Waals surface area (Å²) in [6.45, 7) is 4.29. The number of aromatic nitrogens is 1. The molecular weight excluding hydrogens is 286 g/mol. The SMILES string of the molecule is CCn1cc(Br)cc1C(=O)NC(C)C(=O)NC. The Kier molecular flexibility index (Phi) is 4.74. The average molecular weight is 302 g/mol. The summed E-state index contributed by atoms with van der Waals surface area (Å²) in [6, 6.07) is 1.18. The molecule has 0 aromatic carbocycles. The number of amides is 2. The molecule has 0 spiro atoms. The van der Waals surface area contributed by atoms with Crippen molar-refractivity contribution in [1.82, 2.24) is 15.2 Å². The van der Waals surface area contributed by atoms with Crippen LogP contribution >= 0.6 is 15.9 Å². The fourth-order valence-corrected chi connectivity index (χ4v) is 1.94. The van der Waals surface area contributed by atoms with Gasteiger partial charge < -0.3 is 15.2 Å². The maximum absolute atomic E-state index is 11.9. The molecule has 6 heteroatoms. The molecule has 0 aliphatic heterocycles. The van der Waals surface area contributed by atoms with Crippen molar-refractivity contribution in [2.45, 2.75) is 26.4 Å². The topological polar surface area (TPSA) is 63.1 Å². The first-order valence-corrected chi connectivity index (χ1v) is 6.17. The molecule has 1 aromatic rings. The highest BCUT2D eigenvalue weighted by Crippen LogP contribution is 2.14. The second kappa shape index (κ2) is 5.86. The lowest BCUT2D eigenvalue weighted by Crippen LogP contribution is -2.44. The van der Waals surface area contributed by atoms with Gasteiger partial charge in [0.2, 0.25) is 5.91 Å². The highest BCUT2D eigenvalue weighted by atomic mass is 79.9. The molecule has 1 unspecified atom stereocenters. The molecule has 0 aliphatic rings. The van der Waals surface area contributed by atoms with E-state index in [0.29, 0.717) is 12.2 Å². The summed E-state index contributed by atoms with van der Waals surface area (Å²) in [4.78, 5) is 23.2. The van der Waals surface area contributed by atoms with Gasteiger partial charge in [0.25, 0.3) is 5.91 Å². The van der Waals surface area contributed by atoms with Crippen molar-refractivity contribution >= 4 is 27.7 Å². The van der Waals surface area contributed by atoms with Crippen molar-refractivity contribution in [1.29, 1.82) is 0 Å². The maximum atomic E-state index is 11.9. The minimum absolute atomic E-state index is 0.216. The summed E-state index contributed by atoms with van der Waals surface area (Å²) in [7, 11) is 1.54. The first-order chi connectivity index (χ1) is 7.99. The quantitative estimate of drug-likeness (QED) is 0.876. The molecule has 0 fully saturated rings. The van der Waals surface area contributed by atoms with Gasteiger partial charge in [-0.3, -0.25) is 9.59 Å². The third-order valence-corrected chi connectivity index (χ3v) is 2.86. The Morgan fingerprint density at radius 2 is 2.18 bits per heavy atom. The second-order valence-electron chi connectivity index (χ2n) is 3.64. The van der Waals surface area contributed by atoms with Crippen LogP contribution in [0.25, 0.3) is 0 Å². The van der Waals surface area contributed by atoms with E-state index >= 15 is 0 Å². The van der Waals surface area contributed by atoms with Gasteiger partial charge in [-0.05, 0) is 35.8 Å². The van der Waals surface area contributed by atoms with Crippen LogP contribution in [0, 0.1) is 0 Å². The maximum Gasteiger partial charge on any atom is 0.268 e. The van der Waals surface area contributed by atoms with Crippen LogP contribution < -0.4 is 10.6 Å². The minimum atomic E-state index is -0.550. The van der Waals surface area contributed by atoms with E-state index in [9.17, 15) is 9.59 Å². The van der Waals surface area contributed by atoms with Crippen molar-refractivity contribution in [2.75, 3.05) is 7.05 Å². The number of nitrogens with one attached hydrogen (secondary N) is 2. The van der Waals surface area contributed by atoms with Crippen molar-refractivity contribution in [3.05, 3.63) is 22.4 Å². The van der Waals surface area contributed by atoms with E-state index in [1.54, 1.807) is 13.0 Å². The number of aryl methyl sites for hydroxylation is 1. The van der Waals surface area contributed by atoms with Gasteiger partial charge in [-0.2, -0.15) is 0 Å². The van der Waals surface area contributed by atoms with E-state index in [1.807, 2.05) is 17.7 Å². The van der Waals surface area contributed by atoms with Gasteiger partial charge >= 0.3 is 0 Å². The molecule has 0 saturated carbocycles. The molecule has 2 N–H and O–H groups in total. The Morgan fingerprint density at radius 3 is 2.71 bits per heavy atom. The van der Waals surface area contributed by atoms with Crippen LogP contribution in [0.3, 0.4) is 0 Å². The van der Waals surface area contributed by atoms with Gasteiger partial charge in [0.15, 0.2) is 0 Å². The van der Waals surface area contributed by atoms with Crippen molar-refractivity contribution in [3.8, 4) is 0 Å². The van der Waals surface area contributed by atoms with Crippen LogP contribution in [0.15, 0.2) is 16.7 Å². The highest BCUT2D eigenvalue weighted by molar-refractivity contribution is 9.10. The summed E-state index contributed by atoms with van der Waals surface area (Å²) in [5.74, 6) is -0.472. The lowest BCUT2D eigenvalue weighted by atomic mass is 10.3. The zero-order valence-electron chi connectivity index (χ0n) is 10.1. The van der Waals surface area contributed by atoms with Crippen LogP contribution in [0.1, 0.15) is 24.3 Å². The standard InChI is InChI=1S/C11H16BrN3O2/c1-4-15-6-8(12)5-9(15)11(17)14-7(2)10(16)13-3/h5-7H,4H2,1-3H3,(H,13,16)(H,14,17). The summed E-state index contributed by atoms with van der Waals surface area (Å²) in [5.41, 5.74) is 0.537. The van der Waals surface area contributed by atoms with Gasteiger partial charge in [0, 0.05) is 24.3 Å². The van der Waals surface area contributed by atoms with Crippen molar-refractivity contribution in [2.24, 2.45) is 0 Å². The minimum Gasteiger partial charge on any atom is -0.357 e. The summed E-state index contributed by atoms with van der Waals surface area (Å²) in [6.07, 6.45) is 1.83. The van der Waals surface area contributed by atoms with Crippen molar-refractivity contribution in [3.63, 3.8) is 0 Å². The van der Waals surface area contributed by atoms with Crippen LogP contribution in [0.5, 0.6) is 0 Å². The zero-order chi connectivity index (χ0) is 13.0. The fraction of sp³-hybridized carbons (Fsp3) is 0.455. The van der Waals surface area contributed by atoms with Gasteiger partial charge in [0.05, 0.1) is 0 Å². The molecular formula is C11H16BrN3O2. The Balaban J connectivity index is 2.79.